The summed E-state index contributed by atoms with van der Waals surface area (Å²) in [6, 6.07) is 48.4. The third-order valence-electron chi connectivity index (χ3n) is 11.2. The van der Waals surface area contributed by atoms with Crippen LogP contribution in [-0.2, 0) is 18.5 Å². The van der Waals surface area contributed by atoms with E-state index in [1.165, 1.54) is 11.3 Å². The third-order valence-corrected chi connectivity index (χ3v) is 12.1. The minimum Gasteiger partial charge on any atom is -0.371 e. The second-order valence-electron chi connectivity index (χ2n) is 14.6. The molecule has 1 saturated heterocycles. The Hall–Kier alpha value is -6.72. The fourth-order valence-electron chi connectivity index (χ4n) is 8.31. The van der Waals surface area contributed by atoms with Gasteiger partial charge in [-0.15, -0.1) is 26.3 Å². The van der Waals surface area contributed by atoms with Gasteiger partial charge in [-0.2, -0.15) is 0 Å². The van der Waals surface area contributed by atoms with Crippen molar-refractivity contribution in [3.8, 4) is 11.4 Å². The number of nitrogens with zero attached hydrogens (tertiary/aromatic N) is 7. The van der Waals surface area contributed by atoms with Crippen molar-refractivity contribution < 1.29 is 4.79 Å². The molecule has 4 heterocycles. The summed E-state index contributed by atoms with van der Waals surface area (Å²) in [4.78, 5) is 36.5. The topological polar surface area (TPSA) is 111 Å². The van der Waals surface area contributed by atoms with Crippen molar-refractivity contribution in [2.75, 3.05) is 23.3 Å². The minimum absolute atomic E-state index is 0.0754. The van der Waals surface area contributed by atoms with Crippen LogP contribution in [-0.4, -0.2) is 48.8 Å². The number of nitrogens with one attached hydrogen (secondary N) is 1. The van der Waals surface area contributed by atoms with Crippen LogP contribution in [0.5, 0.6) is 0 Å². The van der Waals surface area contributed by atoms with E-state index in [0.29, 0.717) is 40.3 Å². The number of carbonyl (C=O) groups excluding carboxylic acids is 1. The summed E-state index contributed by atoms with van der Waals surface area (Å²) >= 11 is 1.38. The standard InChI is InChI=1S/C47H42N8O2S/c1-2-43-49-40-25-24-37(48-45(56)42-23-14-30-58-42)31-39(40)46(57)54(43)32-33-26-28-53(29-27-33)41-22-13-12-21-38(41)44-50-52-55(51-44)47(34-15-6-3-7-16-34,35-17-8-4-9-18-35)36-19-10-5-11-20-36/h3-25,30-31,33H,2,26-29,32H2,1H3,(H,48,56). The molecule has 10 nitrogen and oxygen atoms in total. The van der Waals surface area contributed by atoms with Gasteiger partial charge < -0.3 is 10.2 Å². The number of amides is 1. The van der Waals surface area contributed by atoms with Crippen molar-refractivity contribution in [2.45, 2.75) is 38.3 Å². The van der Waals surface area contributed by atoms with E-state index in [1.807, 2.05) is 89.7 Å². The Morgan fingerprint density at radius 2 is 1.43 bits per heavy atom. The highest BCUT2D eigenvalue weighted by Crippen LogP contribution is 2.40. The molecular weight excluding hydrogens is 741 g/mol. The molecule has 11 heteroatoms. The predicted molar refractivity (Wildman–Crippen MR) is 230 cm³/mol. The second-order valence-corrected chi connectivity index (χ2v) is 15.6. The summed E-state index contributed by atoms with van der Waals surface area (Å²) in [7, 11) is 0. The summed E-state index contributed by atoms with van der Waals surface area (Å²) in [5.41, 5.74) is 5.33. The molecule has 0 saturated carbocycles. The first-order chi connectivity index (χ1) is 28.5. The average molecular weight is 783 g/mol. The molecule has 0 atom stereocenters. The fourth-order valence-corrected chi connectivity index (χ4v) is 8.92. The molecule has 0 bridgehead atoms. The quantitative estimate of drug-likeness (QED) is 0.131. The van der Waals surface area contributed by atoms with Gasteiger partial charge in [0.1, 0.15) is 5.82 Å². The van der Waals surface area contributed by atoms with Gasteiger partial charge in [0.15, 0.2) is 5.54 Å². The van der Waals surface area contributed by atoms with E-state index in [-0.39, 0.29) is 17.4 Å². The zero-order chi connectivity index (χ0) is 39.5. The molecule has 1 amide bonds. The van der Waals surface area contributed by atoms with Crippen molar-refractivity contribution in [1.29, 1.82) is 0 Å². The van der Waals surface area contributed by atoms with Crippen LogP contribution >= 0.6 is 11.3 Å². The van der Waals surface area contributed by atoms with Crippen LogP contribution in [0, 0.1) is 5.92 Å². The lowest BCUT2D eigenvalue weighted by Crippen LogP contribution is -2.39. The van der Waals surface area contributed by atoms with Crippen LogP contribution in [0.15, 0.2) is 156 Å². The van der Waals surface area contributed by atoms with Crippen LogP contribution in [0.2, 0.25) is 0 Å². The molecule has 1 N–H and O–H groups in total. The van der Waals surface area contributed by atoms with E-state index >= 15 is 0 Å². The molecule has 0 unspecified atom stereocenters. The number of anilines is 2. The second kappa shape index (κ2) is 16.0. The molecule has 1 fully saturated rings. The van der Waals surface area contributed by atoms with E-state index in [9.17, 15) is 9.59 Å². The third kappa shape index (κ3) is 6.87. The van der Waals surface area contributed by atoms with Gasteiger partial charge in [0, 0.05) is 43.0 Å². The van der Waals surface area contributed by atoms with Gasteiger partial charge in [-0.05, 0) is 82.4 Å². The number of aryl methyl sites for hydroxylation is 1. The number of para-hydroxylation sites is 1. The van der Waals surface area contributed by atoms with Gasteiger partial charge in [0.2, 0.25) is 5.82 Å². The Morgan fingerprint density at radius 1 is 0.793 bits per heavy atom. The first kappa shape index (κ1) is 36.9. The highest BCUT2D eigenvalue weighted by atomic mass is 32.1. The number of carbonyl (C=O) groups is 1. The number of rotatable bonds is 11. The normalized spacial score (nSPS) is 13.5. The predicted octanol–water partition coefficient (Wildman–Crippen LogP) is 8.68. The van der Waals surface area contributed by atoms with E-state index in [4.69, 9.17) is 20.4 Å². The van der Waals surface area contributed by atoms with Crippen LogP contribution in [0.4, 0.5) is 11.4 Å². The van der Waals surface area contributed by atoms with Crippen molar-refractivity contribution in [1.82, 2.24) is 29.8 Å². The van der Waals surface area contributed by atoms with E-state index in [1.54, 1.807) is 23.0 Å². The molecular formula is C47H42N8O2S. The number of tetrazole rings is 1. The maximum atomic E-state index is 14.1. The molecule has 5 aromatic carbocycles. The number of thiophene rings is 1. The molecule has 0 spiro atoms. The summed E-state index contributed by atoms with van der Waals surface area (Å²) in [5.74, 6) is 1.42. The summed E-state index contributed by atoms with van der Waals surface area (Å²) in [5, 5.41) is 20.1. The van der Waals surface area contributed by atoms with Gasteiger partial charge in [-0.25, -0.2) is 4.98 Å². The van der Waals surface area contributed by atoms with Gasteiger partial charge in [-0.1, -0.05) is 116 Å². The van der Waals surface area contributed by atoms with Crippen molar-refractivity contribution in [3.63, 3.8) is 0 Å². The molecule has 8 aromatic rings. The Labute approximate surface area is 340 Å². The molecule has 1 aliphatic heterocycles. The number of benzene rings is 5. The molecule has 0 radical (unpaired) electrons. The molecule has 1 aliphatic rings. The first-order valence-corrected chi connectivity index (χ1v) is 20.6. The van der Waals surface area contributed by atoms with Crippen LogP contribution in [0.25, 0.3) is 22.3 Å². The fraction of sp³-hybridized carbons (Fsp3) is 0.191. The van der Waals surface area contributed by atoms with Crippen molar-refractivity contribution in [2.24, 2.45) is 5.92 Å². The maximum Gasteiger partial charge on any atom is 0.265 e. The highest BCUT2D eigenvalue weighted by molar-refractivity contribution is 7.12. The van der Waals surface area contributed by atoms with Crippen LogP contribution < -0.4 is 15.8 Å². The zero-order valence-corrected chi connectivity index (χ0v) is 32.9. The lowest BCUT2D eigenvalue weighted by atomic mass is 9.77. The SMILES string of the molecule is CCc1nc2ccc(NC(=O)c3cccs3)cc2c(=O)n1CC1CCN(c2ccccc2-c2nnn(C(c3ccccc3)(c3ccccc3)c3ccccc3)n2)CC1. The van der Waals surface area contributed by atoms with Crippen LogP contribution in [0.1, 0.15) is 52.0 Å². The van der Waals surface area contributed by atoms with Crippen molar-refractivity contribution in [3.05, 3.63) is 189 Å². The number of fused-ring (bicyclic) bond motifs is 1. The van der Waals surface area contributed by atoms with E-state index < -0.39 is 5.54 Å². The lowest BCUT2D eigenvalue weighted by molar-refractivity contribution is 0.103. The molecule has 9 rings (SSSR count). The Bertz CT molecular complexity index is 2630. The molecule has 58 heavy (non-hydrogen) atoms. The van der Waals surface area contributed by atoms with Gasteiger partial charge in [0.05, 0.1) is 15.8 Å². The molecule has 0 aliphatic carbocycles. The molecule has 288 valence electrons. The van der Waals surface area contributed by atoms with Crippen molar-refractivity contribution >= 4 is 39.5 Å². The number of aromatic nitrogens is 6. The summed E-state index contributed by atoms with van der Waals surface area (Å²) in [6.45, 7) is 4.25. The van der Waals surface area contributed by atoms with Crippen LogP contribution in [0.3, 0.4) is 0 Å². The number of piperidine rings is 1. The monoisotopic (exact) mass is 782 g/mol. The van der Waals surface area contributed by atoms with E-state index in [2.05, 4.69) is 64.8 Å². The average Bonchev–Trinajstić information content (AvgIpc) is 4.01. The highest BCUT2D eigenvalue weighted by Gasteiger charge is 2.41. The van der Waals surface area contributed by atoms with Gasteiger partial charge in [-0.3, -0.25) is 14.2 Å². The molecule has 3 aromatic heterocycles. The number of hydrogen-bond acceptors (Lipinski definition) is 8. The van der Waals surface area contributed by atoms with Gasteiger partial charge >= 0.3 is 0 Å². The van der Waals surface area contributed by atoms with E-state index in [0.717, 1.165) is 59.7 Å². The first-order valence-electron chi connectivity index (χ1n) is 19.7. The van der Waals surface area contributed by atoms with Gasteiger partial charge in [0.25, 0.3) is 11.5 Å². The maximum absolute atomic E-state index is 14.1. The zero-order valence-electron chi connectivity index (χ0n) is 32.1. The summed E-state index contributed by atoms with van der Waals surface area (Å²) < 4.78 is 1.85. The smallest absolute Gasteiger partial charge is 0.265 e. The Morgan fingerprint density at radius 3 is 2.05 bits per heavy atom. The Balaban J connectivity index is 0.982. The number of hydrogen-bond donors (Lipinski definition) is 1. The largest absolute Gasteiger partial charge is 0.371 e. The summed E-state index contributed by atoms with van der Waals surface area (Å²) in [6.07, 6.45) is 2.44. The minimum atomic E-state index is -0.866. The lowest BCUT2D eigenvalue weighted by Gasteiger charge is -2.35. The Kier molecular flexibility index (Phi) is 10.2.